The fraction of sp³-hybridized carbons (Fsp3) is 0.857. The molecule has 47 heavy (non-hydrogen) atoms. The van der Waals surface area contributed by atoms with E-state index in [9.17, 15) is 50.1 Å². The van der Waals surface area contributed by atoms with E-state index in [4.69, 9.17) is 9.47 Å². The van der Waals surface area contributed by atoms with Crippen LogP contribution in [0.5, 0.6) is 0 Å². The Bertz CT molecular complexity index is 1360. The Balaban J connectivity index is 1.37. The van der Waals surface area contributed by atoms with Crippen LogP contribution in [0.2, 0.25) is 0 Å². The maximum Gasteiger partial charge on any atom is 0.335 e. The predicted molar refractivity (Wildman–Crippen MR) is 164 cm³/mol. The van der Waals surface area contributed by atoms with Gasteiger partial charge in [0.2, 0.25) is 0 Å². The summed E-state index contributed by atoms with van der Waals surface area (Å²) >= 11 is 0. The lowest BCUT2D eigenvalue weighted by molar-refractivity contribution is -0.335. The van der Waals surface area contributed by atoms with Gasteiger partial charge in [-0.15, -0.1) is 0 Å². The molecule has 0 unspecified atom stereocenters. The summed E-state index contributed by atoms with van der Waals surface area (Å²) in [4.78, 5) is 39.4. The van der Waals surface area contributed by atoms with Crippen molar-refractivity contribution in [2.24, 2.45) is 50.7 Å². The van der Waals surface area contributed by atoms with Crippen LogP contribution in [0.4, 0.5) is 0 Å². The van der Waals surface area contributed by atoms with E-state index in [-0.39, 0.29) is 35.4 Å². The molecule has 0 aromatic heterocycles. The van der Waals surface area contributed by atoms with E-state index in [1.165, 1.54) is 6.92 Å². The number of fused-ring (bicyclic) bond motifs is 7. The second-order valence-corrected chi connectivity index (χ2v) is 17.2. The fourth-order valence-electron chi connectivity index (χ4n) is 11.8. The lowest BCUT2D eigenvalue weighted by Crippen LogP contribution is -2.71. The third-order valence-electron chi connectivity index (χ3n) is 14.5. The van der Waals surface area contributed by atoms with Gasteiger partial charge in [-0.3, -0.25) is 9.59 Å². The number of allylic oxidation sites excluding steroid dienone is 2. The smallest absolute Gasteiger partial charge is 0.335 e. The Morgan fingerprint density at radius 2 is 1.53 bits per heavy atom. The first-order valence-corrected chi connectivity index (χ1v) is 17.1. The van der Waals surface area contributed by atoms with Crippen LogP contribution in [-0.4, -0.2) is 102 Å². The number of Topliss-reactive ketones (excluding diaryl/α,β-unsaturated/α-hetero) is 1. The number of aliphatic hydroxyl groups is 5. The predicted octanol–water partition coefficient (Wildman–Crippen LogP) is 1.88. The van der Waals surface area contributed by atoms with Crippen LogP contribution < -0.4 is 0 Å². The molecule has 0 aromatic rings. The summed E-state index contributed by atoms with van der Waals surface area (Å²) in [5.74, 6) is -3.88. The van der Waals surface area contributed by atoms with Crippen LogP contribution >= 0.6 is 0 Å². The van der Waals surface area contributed by atoms with Gasteiger partial charge in [0.25, 0.3) is 0 Å². The van der Waals surface area contributed by atoms with Crippen LogP contribution in [0.1, 0.15) is 86.5 Å². The molecule has 1 aliphatic heterocycles. The number of carbonyl (C=O) groups excluding carboxylic acids is 1. The minimum absolute atomic E-state index is 0.0733. The normalized spacial score (nSPS) is 53.9. The summed E-state index contributed by atoms with van der Waals surface area (Å²) in [7, 11) is 0. The highest BCUT2D eigenvalue weighted by Crippen LogP contribution is 2.74. The quantitative estimate of drug-likeness (QED) is 0.170. The summed E-state index contributed by atoms with van der Waals surface area (Å²) in [6.07, 6.45) is -7.22. The third kappa shape index (κ3) is 4.61. The van der Waals surface area contributed by atoms with E-state index in [2.05, 4.69) is 26.8 Å². The topological polar surface area (TPSA) is 211 Å². The van der Waals surface area contributed by atoms with Crippen molar-refractivity contribution < 1.29 is 59.6 Å². The van der Waals surface area contributed by atoms with Gasteiger partial charge in [-0.05, 0) is 98.7 Å². The fourth-order valence-corrected chi connectivity index (χ4v) is 11.8. The summed E-state index contributed by atoms with van der Waals surface area (Å²) in [6.45, 7) is 12.0. The maximum atomic E-state index is 14.4. The zero-order valence-corrected chi connectivity index (χ0v) is 28.1. The Hall–Kier alpha value is -1.93. The maximum absolute atomic E-state index is 14.4. The average Bonchev–Trinajstić information content (AvgIpc) is 2.97. The van der Waals surface area contributed by atoms with Gasteiger partial charge < -0.3 is 45.2 Å². The molecule has 12 heteroatoms. The van der Waals surface area contributed by atoms with Gasteiger partial charge >= 0.3 is 11.9 Å². The molecule has 1 saturated heterocycles. The second-order valence-electron chi connectivity index (χ2n) is 17.2. The molecule has 5 fully saturated rings. The summed E-state index contributed by atoms with van der Waals surface area (Å²) in [6, 6.07) is 0. The number of carboxylic acid groups (broad SMARTS) is 2. The van der Waals surface area contributed by atoms with Gasteiger partial charge in [0.15, 0.2) is 18.2 Å². The van der Waals surface area contributed by atoms with Gasteiger partial charge in [-0.2, -0.15) is 0 Å². The average molecular weight is 665 g/mol. The minimum atomic E-state index is -1.95. The number of hydrogen-bond donors (Lipinski definition) is 7. The monoisotopic (exact) mass is 664 g/mol. The SMILES string of the molecule is CC1(C)CC[C@@H]2[C@@H](O)C(=O)[C@]3(C)C(=CC[C@H]4[C@@]5(C)C[C@H](O)[C@H](O[C@@H]6O[C@H](C(=O)O)[C@@H](O)[C@H](O)[C@H]6O)[C@@](C)(C(=O)O)[C@H]5CC[C@]43C)[C@@H]2C1. The van der Waals surface area contributed by atoms with Crippen molar-refractivity contribution >= 4 is 17.7 Å². The van der Waals surface area contributed by atoms with E-state index in [1.807, 2.05) is 13.8 Å². The van der Waals surface area contributed by atoms with E-state index < -0.39 is 88.5 Å². The van der Waals surface area contributed by atoms with E-state index >= 15 is 0 Å². The van der Waals surface area contributed by atoms with Crippen LogP contribution in [-0.2, 0) is 23.9 Å². The summed E-state index contributed by atoms with van der Waals surface area (Å²) in [5.41, 5.74) is -3.00. The Morgan fingerprint density at radius 1 is 0.872 bits per heavy atom. The molecule has 12 nitrogen and oxygen atoms in total. The van der Waals surface area contributed by atoms with Gasteiger partial charge in [-0.1, -0.05) is 39.3 Å². The largest absolute Gasteiger partial charge is 0.481 e. The minimum Gasteiger partial charge on any atom is -0.481 e. The van der Waals surface area contributed by atoms with Crippen molar-refractivity contribution in [3.8, 4) is 0 Å². The number of aliphatic hydroxyl groups excluding tert-OH is 5. The second kappa shape index (κ2) is 11.0. The van der Waals surface area contributed by atoms with E-state index in [1.54, 1.807) is 0 Å². The standard InChI is InChI=1S/C35H52O12/c1-31(2)11-9-15-16(13-31)17-7-8-19-32(3)14-18(36)27(47-29-24(40)22(38)23(39)25(46-29)28(42)43)34(5,30(44)45)20(32)10-12-33(19,4)35(17,6)26(41)21(15)37/h7,15-16,18-25,27,29,36-40H,8-14H2,1-6H3,(H,42,43)(H,44,45)/t15-,16+,18-,19-,20-,21+,22-,23-,24+,25-,27-,29-,32+,33+,34-,35-/m0/s1. The van der Waals surface area contributed by atoms with E-state index in [0.29, 0.717) is 19.3 Å². The van der Waals surface area contributed by atoms with E-state index in [0.717, 1.165) is 24.8 Å². The highest BCUT2D eigenvalue weighted by Gasteiger charge is 2.73. The van der Waals surface area contributed by atoms with Crippen LogP contribution in [0.3, 0.4) is 0 Å². The Morgan fingerprint density at radius 3 is 2.15 bits per heavy atom. The first-order valence-electron chi connectivity index (χ1n) is 17.1. The zero-order valence-electron chi connectivity index (χ0n) is 28.1. The highest BCUT2D eigenvalue weighted by atomic mass is 16.7. The molecule has 0 amide bonds. The third-order valence-corrected chi connectivity index (χ3v) is 14.5. The van der Waals surface area contributed by atoms with Crippen molar-refractivity contribution in [1.82, 2.24) is 0 Å². The van der Waals surface area contributed by atoms with Gasteiger partial charge in [-0.25, -0.2) is 4.79 Å². The molecule has 264 valence electrons. The number of carboxylic acids is 2. The lowest BCUT2D eigenvalue weighted by Gasteiger charge is -2.70. The number of hydrogen-bond acceptors (Lipinski definition) is 10. The summed E-state index contributed by atoms with van der Waals surface area (Å²) in [5, 5.41) is 74.8. The molecule has 5 aliphatic carbocycles. The Labute approximate surface area is 275 Å². The molecule has 1 heterocycles. The molecule has 16 atom stereocenters. The van der Waals surface area contributed by atoms with Crippen LogP contribution in [0.15, 0.2) is 11.6 Å². The van der Waals surface area contributed by atoms with Crippen LogP contribution in [0.25, 0.3) is 0 Å². The molecule has 0 radical (unpaired) electrons. The molecule has 7 N–H and O–H groups in total. The van der Waals surface area contributed by atoms with Crippen molar-refractivity contribution in [3.63, 3.8) is 0 Å². The Kier molecular flexibility index (Phi) is 8.20. The number of ether oxygens (including phenoxy) is 2. The summed E-state index contributed by atoms with van der Waals surface area (Å²) < 4.78 is 11.3. The highest BCUT2D eigenvalue weighted by molar-refractivity contribution is 5.94. The van der Waals surface area contributed by atoms with Gasteiger partial charge in [0.05, 0.1) is 16.9 Å². The molecular weight excluding hydrogens is 612 g/mol. The number of rotatable bonds is 4. The first kappa shape index (κ1) is 34.9. The number of carbonyl (C=O) groups is 3. The molecule has 0 bridgehead atoms. The van der Waals surface area contributed by atoms with Crippen molar-refractivity contribution in [3.05, 3.63) is 11.6 Å². The van der Waals surface area contributed by atoms with Gasteiger partial charge in [0.1, 0.15) is 30.5 Å². The lowest BCUT2D eigenvalue weighted by atomic mass is 9.34. The van der Waals surface area contributed by atoms with Gasteiger partial charge in [0, 0.05) is 0 Å². The first-order chi connectivity index (χ1) is 21.7. The molecule has 0 spiro atoms. The van der Waals surface area contributed by atoms with Crippen molar-refractivity contribution in [1.29, 1.82) is 0 Å². The number of ketones is 1. The van der Waals surface area contributed by atoms with Crippen molar-refractivity contribution in [2.75, 3.05) is 0 Å². The molecular formula is C35H52O12. The molecule has 6 aliphatic rings. The van der Waals surface area contributed by atoms with Crippen LogP contribution in [0, 0.1) is 50.7 Å². The molecule has 0 aromatic carbocycles. The zero-order chi connectivity index (χ0) is 34.8. The van der Waals surface area contributed by atoms with Crippen molar-refractivity contribution in [2.45, 2.75) is 136 Å². The molecule has 6 rings (SSSR count). The molecule has 4 saturated carbocycles. The number of aliphatic carboxylic acids is 2.